The largest absolute Gasteiger partial charge is 0.497 e. The number of ether oxygens (including phenoxy) is 2. The van der Waals surface area contributed by atoms with Crippen molar-refractivity contribution in [3.8, 4) is 11.5 Å². The van der Waals surface area contributed by atoms with Crippen LogP contribution in [0.3, 0.4) is 0 Å². The molecule has 3 amide bonds. The molecule has 1 aliphatic heterocycles. The second kappa shape index (κ2) is 8.40. The molecule has 0 aliphatic carbocycles. The van der Waals surface area contributed by atoms with Gasteiger partial charge in [-0.05, 0) is 12.1 Å². The van der Waals surface area contributed by atoms with E-state index in [0.29, 0.717) is 22.7 Å². The Kier molecular flexibility index (Phi) is 5.93. The minimum absolute atomic E-state index is 0.132. The summed E-state index contributed by atoms with van der Waals surface area (Å²) < 4.78 is 10.4. The third-order valence-electron chi connectivity index (χ3n) is 4.49. The van der Waals surface area contributed by atoms with E-state index < -0.39 is 5.91 Å². The fourth-order valence-electron chi connectivity index (χ4n) is 3.04. The van der Waals surface area contributed by atoms with Crippen molar-refractivity contribution in [2.75, 3.05) is 44.6 Å². The van der Waals surface area contributed by atoms with Crippen LogP contribution in [0.5, 0.6) is 11.5 Å². The van der Waals surface area contributed by atoms with E-state index in [4.69, 9.17) is 21.1 Å². The quantitative estimate of drug-likeness (QED) is 0.807. The molecule has 0 atom stereocenters. The molecule has 0 radical (unpaired) electrons. The maximum Gasteiger partial charge on any atom is 0.256 e. The number of para-hydroxylation sites is 1. The highest BCUT2D eigenvalue weighted by Crippen LogP contribution is 2.37. The number of carbonyl (C=O) groups excluding carboxylic acids is 3. The Hall–Kier alpha value is -3.26. The monoisotopic (exact) mass is 417 g/mol. The third kappa shape index (κ3) is 4.12. The van der Waals surface area contributed by atoms with E-state index in [2.05, 4.69) is 5.32 Å². The standard InChI is InChI=1S/C20H20ClN3O5/c1-23-11-18(26)24(15-7-5-4-6-13(15)20(23)27)10-17(25)22-19-14(21)8-12(28-2)9-16(19)29-3/h4-9H,10-11H2,1-3H3,(H,22,25). The summed E-state index contributed by atoms with van der Waals surface area (Å²) >= 11 is 6.25. The van der Waals surface area contributed by atoms with Gasteiger partial charge >= 0.3 is 0 Å². The van der Waals surface area contributed by atoms with Crippen molar-refractivity contribution in [2.45, 2.75) is 0 Å². The molecule has 29 heavy (non-hydrogen) atoms. The Balaban J connectivity index is 1.88. The molecule has 0 unspecified atom stereocenters. The van der Waals surface area contributed by atoms with Gasteiger partial charge in [0.1, 0.15) is 30.3 Å². The average Bonchev–Trinajstić information content (AvgIpc) is 2.80. The molecule has 2 aromatic carbocycles. The summed E-state index contributed by atoms with van der Waals surface area (Å²) in [5, 5.41) is 2.91. The zero-order valence-electron chi connectivity index (χ0n) is 16.2. The number of halogens is 1. The minimum atomic E-state index is -0.490. The van der Waals surface area contributed by atoms with Gasteiger partial charge in [0.2, 0.25) is 11.8 Å². The molecule has 0 saturated carbocycles. The van der Waals surface area contributed by atoms with Gasteiger partial charge in [0.15, 0.2) is 0 Å². The number of amides is 3. The van der Waals surface area contributed by atoms with Gasteiger partial charge < -0.3 is 24.6 Å². The summed E-state index contributed by atoms with van der Waals surface area (Å²) in [4.78, 5) is 40.5. The van der Waals surface area contributed by atoms with Crippen LogP contribution < -0.4 is 19.7 Å². The molecule has 9 heteroatoms. The summed E-state index contributed by atoms with van der Waals surface area (Å²) in [6, 6.07) is 9.81. The van der Waals surface area contributed by atoms with Crippen LogP contribution in [-0.2, 0) is 9.59 Å². The SMILES string of the molecule is COc1cc(Cl)c(NC(=O)CN2C(=O)CN(C)C(=O)c3ccccc32)c(OC)c1. The number of hydrogen-bond acceptors (Lipinski definition) is 5. The summed E-state index contributed by atoms with van der Waals surface area (Å²) in [5.41, 5.74) is 1.01. The topological polar surface area (TPSA) is 88.2 Å². The molecule has 1 aliphatic rings. The summed E-state index contributed by atoms with van der Waals surface area (Å²) in [6.45, 7) is -0.421. The van der Waals surface area contributed by atoms with Crippen LogP contribution in [0.15, 0.2) is 36.4 Å². The molecular formula is C20H20ClN3O5. The molecule has 0 saturated heterocycles. The second-order valence-corrected chi connectivity index (χ2v) is 6.80. The molecule has 0 bridgehead atoms. The molecule has 0 aromatic heterocycles. The lowest BCUT2D eigenvalue weighted by atomic mass is 10.1. The molecule has 8 nitrogen and oxygen atoms in total. The first kappa shape index (κ1) is 20.5. The van der Waals surface area contributed by atoms with Crippen molar-refractivity contribution in [2.24, 2.45) is 0 Å². The van der Waals surface area contributed by atoms with Gasteiger partial charge in [-0.15, -0.1) is 0 Å². The smallest absolute Gasteiger partial charge is 0.256 e. The van der Waals surface area contributed by atoms with E-state index in [-0.39, 0.29) is 35.6 Å². The predicted molar refractivity (Wildman–Crippen MR) is 109 cm³/mol. The summed E-state index contributed by atoms with van der Waals surface area (Å²) in [6.07, 6.45) is 0. The van der Waals surface area contributed by atoms with E-state index in [1.54, 1.807) is 43.4 Å². The highest BCUT2D eigenvalue weighted by Gasteiger charge is 2.31. The van der Waals surface area contributed by atoms with Crippen LogP contribution in [0.2, 0.25) is 5.02 Å². The van der Waals surface area contributed by atoms with Crippen LogP contribution in [-0.4, -0.2) is 57.0 Å². The first-order valence-corrected chi connectivity index (χ1v) is 9.09. The molecule has 1 heterocycles. The maximum atomic E-state index is 12.7. The average molecular weight is 418 g/mol. The Labute approximate surface area is 172 Å². The van der Waals surface area contributed by atoms with E-state index in [9.17, 15) is 14.4 Å². The Morgan fingerprint density at radius 1 is 1.17 bits per heavy atom. The summed E-state index contributed by atoms with van der Waals surface area (Å²) in [5.74, 6) is -0.343. The van der Waals surface area contributed by atoms with E-state index in [0.717, 1.165) is 0 Å². The number of carbonyl (C=O) groups is 3. The zero-order chi connectivity index (χ0) is 21.1. The van der Waals surface area contributed by atoms with Crippen molar-refractivity contribution in [1.82, 2.24) is 4.90 Å². The second-order valence-electron chi connectivity index (χ2n) is 6.39. The summed E-state index contributed by atoms with van der Waals surface area (Å²) in [7, 11) is 4.48. The Morgan fingerprint density at radius 3 is 2.59 bits per heavy atom. The molecule has 0 fully saturated rings. The van der Waals surface area contributed by atoms with Crippen LogP contribution in [0, 0.1) is 0 Å². The molecule has 2 aromatic rings. The van der Waals surface area contributed by atoms with E-state index in [1.165, 1.54) is 24.0 Å². The van der Waals surface area contributed by atoms with Gasteiger partial charge in [-0.25, -0.2) is 0 Å². The molecule has 1 N–H and O–H groups in total. The van der Waals surface area contributed by atoms with Crippen molar-refractivity contribution in [3.63, 3.8) is 0 Å². The number of hydrogen-bond donors (Lipinski definition) is 1. The number of likely N-dealkylation sites (N-methyl/N-ethyl adjacent to an activating group) is 1. The number of benzene rings is 2. The Bertz CT molecular complexity index is 979. The first-order chi connectivity index (χ1) is 13.8. The van der Waals surface area contributed by atoms with Crippen LogP contribution in [0.1, 0.15) is 10.4 Å². The fourth-order valence-corrected chi connectivity index (χ4v) is 3.29. The molecule has 0 spiro atoms. The lowest BCUT2D eigenvalue weighted by Gasteiger charge is -2.22. The Morgan fingerprint density at radius 2 is 1.90 bits per heavy atom. The van der Waals surface area contributed by atoms with Crippen LogP contribution in [0.25, 0.3) is 0 Å². The molecule has 152 valence electrons. The molecular weight excluding hydrogens is 398 g/mol. The number of rotatable bonds is 5. The van der Waals surface area contributed by atoms with Gasteiger partial charge in [-0.3, -0.25) is 14.4 Å². The fraction of sp³-hybridized carbons (Fsp3) is 0.250. The molecule has 3 rings (SSSR count). The zero-order valence-corrected chi connectivity index (χ0v) is 16.9. The number of nitrogens with zero attached hydrogens (tertiary/aromatic N) is 2. The van der Waals surface area contributed by atoms with E-state index in [1.807, 2.05) is 0 Å². The lowest BCUT2D eigenvalue weighted by Crippen LogP contribution is -2.41. The van der Waals surface area contributed by atoms with Crippen molar-refractivity contribution in [1.29, 1.82) is 0 Å². The maximum absolute atomic E-state index is 12.7. The lowest BCUT2D eigenvalue weighted by molar-refractivity contribution is -0.121. The minimum Gasteiger partial charge on any atom is -0.497 e. The van der Waals surface area contributed by atoms with Crippen molar-refractivity contribution in [3.05, 3.63) is 47.0 Å². The van der Waals surface area contributed by atoms with Gasteiger partial charge in [0.25, 0.3) is 5.91 Å². The number of fused-ring (bicyclic) bond motifs is 1. The normalized spacial score (nSPS) is 13.7. The van der Waals surface area contributed by atoms with Gasteiger partial charge in [0.05, 0.1) is 30.5 Å². The van der Waals surface area contributed by atoms with Gasteiger partial charge in [-0.1, -0.05) is 23.7 Å². The third-order valence-corrected chi connectivity index (χ3v) is 4.79. The number of anilines is 2. The highest BCUT2D eigenvalue weighted by atomic mass is 35.5. The predicted octanol–water partition coefficient (Wildman–Crippen LogP) is 2.41. The van der Waals surface area contributed by atoms with Crippen LogP contribution >= 0.6 is 11.6 Å². The van der Waals surface area contributed by atoms with Crippen molar-refractivity contribution >= 4 is 40.7 Å². The van der Waals surface area contributed by atoms with Crippen LogP contribution in [0.4, 0.5) is 11.4 Å². The van der Waals surface area contributed by atoms with Crippen molar-refractivity contribution < 1.29 is 23.9 Å². The highest BCUT2D eigenvalue weighted by molar-refractivity contribution is 6.34. The first-order valence-electron chi connectivity index (χ1n) is 8.72. The van der Waals surface area contributed by atoms with Gasteiger partial charge in [0, 0.05) is 19.2 Å². The van der Waals surface area contributed by atoms with E-state index >= 15 is 0 Å². The number of nitrogens with one attached hydrogen (secondary N) is 1. The number of methoxy groups -OCH3 is 2. The van der Waals surface area contributed by atoms with Gasteiger partial charge in [-0.2, -0.15) is 0 Å².